The summed E-state index contributed by atoms with van der Waals surface area (Å²) in [6.07, 6.45) is 2.75. The lowest BCUT2D eigenvalue weighted by atomic mass is 9.88. The Morgan fingerprint density at radius 2 is 1.24 bits per heavy atom. The Morgan fingerprint density at radius 1 is 0.667 bits per heavy atom. The van der Waals surface area contributed by atoms with Gasteiger partial charge in [0, 0.05) is 19.8 Å². The van der Waals surface area contributed by atoms with E-state index in [0.29, 0.717) is 23.8 Å². The maximum atomic E-state index is 4.98. The molecule has 0 amide bonds. The zero-order valence-corrected chi connectivity index (χ0v) is 22.8. The van der Waals surface area contributed by atoms with E-state index in [4.69, 9.17) is 9.05 Å². The Balaban J connectivity index is 0.000000247. The van der Waals surface area contributed by atoms with Gasteiger partial charge in [-0.15, -0.1) is 0 Å². The number of hydrogen-bond acceptors (Lipinski definition) is 8. The summed E-state index contributed by atoms with van der Waals surface area (Å²) in [5, 5.41) is 7.53. The van der Waals surface area contributed by atoms with Crippen molar-refractivity contribution < 1.29 is 9.05 Å². The highest BCUT2D eigenvalue weighted by Crippen LogP contribution is 2.21. The molecule has 0 saturated carbocycles. The summed E-state index contributed by atoms with van der Waals surface area (Å²) in [5.74, 6) is 2.89. The van der Waals surface area contributed by atoms with E-state index in [1.54, 1.807) is 6.92 Å². The first-order valence-corrected chi connectivity index (χ1v) is 11.6. The van der Waals surface area contributed by atoms with Crippen molar-refractivity contribution in [2.75, 3.05) is 6.67 Å². The van der Waals surface area contributed by atoms with Crippen LogP contribution in [0.15, 0.2) is 19.0 Å². The molecule has 1 aliphatic rings. The second-order valence-electron chi connectivity index (χ2n) is 12.2. The van der Waals surface area contributed by atoms with Gasteiger partial charge in [0.15, 0.2) is 11.6 Å². The Morgan fingerprint density at radius 3 is 1.61 bits per heavy atom. The molecule has 0 radical (unpaired) electrons. The fourth-order valence-corrected chi connectivity index (χ4v) is 2.87. The van der Waals surface area contributed by atoms with Crippen molar-refractivity contribution in [1.82, 2.24) is 20.3 Å². The highest BCUT2D eigenvalue weighted by Gasteiger charge is 2.18. The Labute approximate surface area is 199 Å². The van der Waals surface area contributed by atoms with Gasteiger partial charge in [-0.3, -0.25) is 9.98 Å². The normalized spacial score (nSPS) is 14.1. The van der Waals surface area contributed by atoms with Crippen LogP contribution in [0.2, 0.25) is 0 Å². The van der Waals surface area contributed by atoms with Crippen LogP contribution in [-0.4, -0.2) is 38.4 Å². The van der Waals surface area contributed by atoms with E-state index in [9.17, 15) is 0 Å². The summed E-state index contributed by atoms with van der Waals surface area (Å²) in [6.45, 7) is 25.9. The molecule has 0 aliphatic carbocycles. The zero-order valence-electron chi connectivity index (χ0n) is 22.8. The van der Waals surface area contributed by atoms with Crippen LogP contribution >= 0.6 is 0 Å². The van der Waals surface area contributed by atoms with Crippen molar-refractivity contribution in [3.8, 4) is 0 Å². The maximum Gasteiger partial charge on any atom is 0.227 e. The molecule has 3 heterocycles. The average Bonchev–Trinajstić information content (AvgIpc) is 3.29. The molecular weight excluding hydrogens is 416 g/mol. The van der Waals surface area contributed by atoms with E-state index >= 15 is 0 Å². The Bertz CT molecular complexity index is 866. The minimum Gasteiger partial charge on any atom is -0.340 e. The van der Waals surface area contributed by atoms with Crippen molar-refractivity contribution in [2.24, 2.45) is 26.2 Å². The fourth-order valence-electron chi connectivity index (χ4n) is 2.87. The van der Waals surface area contributed by atoms with Gasteiger partial charge >= 0.3 is 0 Å². The summed E-state index contributed by atoms with van der Waals surface area (Å²) in [4.78, 5) is 16.8. The topological polar surface area (TPSA) is 103 Å². The van der Waals surface area contributed by atoms with Gasteiger partial charge in [0.25, 0.3) is 0 Å². The molecule has 0 fully saturated rings. The van der Waals surface area contributed by atoms with Gasteiger partial charge in [0.05, 0.1) is 11.4 Å². The van der Waals surface area contributed by atoms with Gasteiger partial charge < -0.3 is 9.05 Å². The minimum atomic E-state index is 0.221. The minimum absolute atomic E-state index is 0.221. The molecule has 3 rings (SSSR count). The zero-order chi connectivity index (χ0) is 25.4. The first-order chi connectivity index (χ1) is 14.9. The summed E-state index contributed by atoms with van der Waals surface area (Å²) < 4.78 is 9.83. The number of aryl methyl sites for hydroxylation is 2. The van der Waals surface area contributed by atoms with Crippen molar-refractivity contribution in [3.63, 3.8) is 0 Å². The standard InChI is InChI=1S/C9H16N2.2C8H14N2O/c1-7-8(11-6-10-7)5-9(2,3)4;1-6-9-7(10-11-6)5-8(2,3)4;1-6-9-7(11-10-6)5-8(2,3)4/h5-6H2,1-4H3;2*5H2,1-4H3. The SMILES string of the molecule is CC1=NCN=C1CC(C)(C)C.Cc1nc(CC(C)(C)C)no1.Cc1noc(CC(C)(C)C)n1. The number of aliphatic imine (C=N–C) groups is 2. The van der Waals surface area contributed by atoms with Crippen LogP contribution in [0.5, 0.6) is 0 Å². The first kappa shape index (κ1) is 28.7. The molecule has 1 aliphatic heterocycles. The van der Waals surface area contributed by atoms with E-state index in [2.05, 4.69) is 92.6 Å². The molecule has 2 aromatic rings. The second kappa shape index (κ2) is 11.7. The van der Waals surface area contributed by atoms with Crippen LogP contribution in [0.4, 0.5) is 0 Å². The predicted octanol–water partition coefficient (Wildman–Crippen LogP) is 6.23. The summed E-state index contributed by atoms with van der Waals surface area (Å²) in [6, 6.07) is 0. The quantitative estimate of drug-likeness (QED) is 0.538. The molecule has 8 nitrogen and oxygen atoms in total. The molecule has 33 heavy (non-hydrogen) atoms. The fraction of sp³-hybridized carbons (Fsp3) is 0.760. The van der Waals surface area contributed by atoms with E-state index < -0.39 is 0 Å². The molecule has 0 spiro atoms. The average molecular weight is 461 g/mol. The third-order valence-corrected chi connectivity index (χ3v) is 4.19. The van der Waals surface area contributed by atoms with E-state index in [1.165, 1.54) is 5.71 Å². The molecule has 186 valence electrons. The van der Waals surface area contributed by atoms with Crippen molar-refractivity contribution in [3.05, 3.63) is 23.4 Å². The van der Waals surface area contributed by atoms with Crippen LogP contribution in [0, 0.1) is 30.1 Å². The van der Waals surface area contributed by atoms with Crippen LogP contribution < -0.4 is 0 Å². The molecule has 0 aromatic carbocycles. The second-order valence-corrected chi connectivity index (χ2v) is 12.2. The van der Waals surface area contributed by atoms with Gasteiger partial charge in [-0.05, 0) is 36.5 Å². The van der Waals surface area contributed by atoms with Gasteiger partial charge in [-0.25, -0.2) is 0 Å². The molecule has 0 bridgehead atoms. The molecule has 0 N–H and O–H groups in total. The number of aromatic nitrogens is 4. The number of rotatable bonds is 3. The van der Waals surface area contributed by atoms with E-state index in [1.807, 2.05) is 13.8 Å². The monoisotopic (exact) mass is 460 g/mol. The van der Waals surface area contributed by atoms with Crippen LogP contribution in [0.1, 0.15) is 99.1 Å². The molecule has 0 atom stereocenters. The number of hydrogen-bond donors (Lipinski definition) is 0. The van der Waals surface area contributed by atoms with Gasteiger partial charge in [-0.2, -0.15) is 9.97 Å². The molecule has 2 aromatic heterocycles. The van der Waals surface area contributed by atoms with E-state index in [-0.39, 0.29) is 10.8 Å². The lowest BCUT2D eigenvalue weighted by Gasteiger charge is -2.17. The molecule has 8 heteroatoms. The van der Waals surface area contributed by atoms with Crippen molar-refractivity contribution in [2.45, 2.75) is 102 Å². The van der Waals surface area contributed by atoms with Crippen LogP contribution in [-0.2, 0) is 12.8 Å². The Kier molecular flexibility index (Phi) is 10.1. The van der Waals surface area contributed by atoms with Crippen molar-refractivity contribution >= 4 is 11.4 Å². The molecule has 0 saturated heterocycles. The van der Waals surface area contributed by atoms with Gasteiger partial charge in [0.2, 0.25) is 11.8 Å². The smallest absolute Gasteiger partial charge is 0.227 e. The summed E-state index contributed by atoms with van der Waals surface area (Å²) in [7, 11) is 0. The third kappa shape index (κ3) is 13.7. The largest absolute Gasteiger partial charge is 0.340 e. The van der Waals surface area contributed by atoms with Gasteiger partial charge in [0.1, 0.15) is 6.67 Å². The van der Waals surface area contributed by atoms with Crippen molar-refractivity contribution in [1.29, 1.82) is 0 Å². The van der Waals surface area contributed by atoms with E-state index in [0.717, 1.165) is 36.7 Å². The first-order valence-electron chi connectivity index (χ1n) is 11.6. The predicted molar refractivity (Wildman–Crippen MR) is 134 cm³/mol. The maximum absolute atomic E-state index is 4.98. The van der Waals surface area contributed by atoms with Gasteiger partial charge in [-0.1, -0.05) is 72.6 Å². The third-order valence-electron chi connectivity index (χ3n) is 4.19. The Hall–Kier alpha value is -2.38. The lowest BCUT2D eigenvalue weighted by molar-refractivity contribution is 0.312. The highest BCUT2D eigenvalue weighted by atomic mass is 16.5. The summed E-state index contributed by atoms with van der Waals surface area (Å²) >= 11 is 0. The molecular formula is C25H44N6O2. The molecule has 0 unspecified atom stereocenters. The van der Waals surface area contributed by atoms with Crippen LogP contribution in [0.25, 0.3) is 0 Å². The van der Waals surface area contributed by atoms with Crippen LogP contribution in [0.3, 0.4) is 0 Å². The lowest BCUT2D eigenvalue weighted by Crippen LogP contribution is -2.16. The number of nitrogens with zero attached hydrogens (tertiary/aromatic N) is 6. The highest BCUT2D eigenvalue weighted by molar-refractivity contribution is 6.42. The summed E-state index contributed by atoms with van der Waals surface area (Å²) in [5.41, 5.74) is 3.10.